The molecule has 3 aromatic carbocycles. The summed E-state index contributed by atoms with van der Waals surface area (Å²) in [5, 5.41) is 4.97. The van der Waals surface area contributed by atoms with E-state index >= 15 is 0 Å². The molecule has 1 N–H and O–H groups in total. The number of fused-ring (bicyclic) bond motifs is 1. The lowest BCUT2D eigenvalue weighted by atomic mass is 10.1. The average molecular weight is 291 g/mol. The number of aryl methyl sites for hydroxylation is 2. The Hall–Kier alpha value is -2.81. The SMILES string of the molecule is Cc1cccc(C)c1NC(=O)Oc1ccc2ccccc2c1. The van der Waals surface area contributed by atoms with E-state index in [1.165, 1.54) is 0 Å². The highest BCUT2D eigenvalue weighted by Gasteiger charge is 2.09. The summed E-state index contributed by atoms with van der Waals surface area (Å²) in [5.74, 6) is 0.530. The molecule has 3 rings (SSSR count). The van der Waals surface area contributed by atoms with Gasteiger partial charge < -0.3 is 4.74 Å². The number of carbonyl (C=O) groups excluding carboxylic acids is 1. The summed E-state index contributed by atoms with van der Waals surface area (Å²) in [6, 6.07) is 19.4. The topological polar surface area (TPSA) is 38.3 Å². The highest BCUT2D eigenvalue weighted by molar-refractivity contribution is 5.89. The summed E-state index contributed by atoms with van der Waals surface area (Å²) in [6.45, 7) is 3.91. The van der Waals surface area contributed by atoms with Crippen LogP contribution in [0.15, 0.2) is 60.7 Å². The fourth-order valence-corrected chi connectivity index (χ4v) is 2.48. The average Bonchev–Trinajstić information content (AvgIpc) is 2.51. The molecule has 3 heteroatoms. The van der Waals surface area contributed by atoms with E-state index in [0.717, 1.165) is 27.6 Å². The van der Waals surface area contributed by atoms with Crippen molar-refractivity contribution in [1.82, 2.24) is 0 Å². The van der Waals surface area contributed by atoms with Crippen LogP contribution in [-0.2, 0) is 0 Å². The van der Waals surface area contributed by atoms with E-state index in [2.05, 4.69) is 5.32 Å². The number of ether oxygens (including phenoxy) is 1. The minimum Gasteiger partial charge on any atom is -0.410 e. The molecule has 0 aliphatic heterocycles. The molecular weight excluding hydrogens is 274 g/mol. The quantitative estimate of drug-likeness (QED) is 0.716. The Morgan fingerprint density at radius 3 is 2.27 bits per heavy atom. The van der Waals surface area contributed by atoms with Gasteiger partial charge in [0.1, 0.15) is 5.75 Å². The van der Waals surface area contributed by atoms with E-state index in [1.54, 1.807) is 6.07 Å². The molecule has 22 heavy (non-hydrogen) atoms. The molecule has 3 nitrogen and oxygen atoms in total. The summed E-state index contributed by atoms with van der Waals surface area (Å²) < 4.78 is 5.39. The highest BCUT2D eigenvalue weighted by atomic mass is 16.6. The first kappa shape index (κ1) is 14.1. The van der Waals surface area contributed by atoms with Crippen molar-refractivity contribution in [3.05, 3.63) is 71.8 Å². The van der Waals surface area contributed by atoms with Crippen molar-refractivity contribution in [2.45, 2.75) is 13.8 Å². The number of amides is 1. The second-order valence-corrected chi connectivity index (χ2v) is 5.29. The van der Waals surface area contributed by atoms with Gasteiger partial charge in [-0.05, 0) is 47.9 Å². The molecule has 0 saturated carbocycles. The molecule has 0 bridgehead atoms. The Balaban J connectivity index is 1.78. The summed E-state index contributed by atoms with van der Waals surface area (Å²) in [5.41, 5.74) is 2.82. The molecule has 1 amide bonds. The van der Waals surface area contributed by atoms with Crippen LogP contribution in [0.2, 0.25) is 0 Å². The summed E-state index contributed by atoms with van der Waals surface area (Å²) in [6.07, 6.45) is -0.479. The third-order valence-electron chi connectivity index (χ3n) is 3.64. The van der Waals surface area contributed by atoms with Crippen molar-refractivity contribution in [1.29, 1.82) is 0 Å². The first-order chi connectivity index (χ1) is 10.6. The molecule has 0 unspecified atom stereocenters. The minimum atomic E-state index is -0.479. The highest BCUT2D eigenvalue weighted by Crippen LogP contribution is 2.22. The first-order valence-corrected chi connectivity index (χ1v) is 7.17. The normalized spacial score (nSPS) is 10.5. The van der Waals surface area contributed by atoms with Crippen molar-refractivity contribution in [2.75, 3.05) is 5.32 Å². The molecule has 3 aromatic rings. The zero-order valence-corrected chi connectivity index (χ0v) is 12.6. The predicted octanol–water partition coefficient (Wildman–Crippen LogP) is 5.07. The third-order valence-corrected chi connectivity index (χ3v) is 3.64. The van der Waals surface area contributed by atoms with E-state index in [-0.39, 0.29) is 0 Å². The number of para-hydroxylation sites is 1. The van der Waals surface area contributed by atoms with Crippen LogP contribution in [0, 0.1) is 13.8 Å². The first-order valence-electron chi connectivity index (χ1n) is 7.17. The van der Waals surface area contributed by atoms with E-state index in [9.17, 15) is 4.79 Å². The van der Waals surface area contributed by atoms with Gasteiger partial charge in [-0.25, -0.2) is 4.79 Å². The molecule has 0 radical (unpaired) electrons. The standard InChI is InChI=1S/C19H17NO2/c1-13-6-5-7-14(2)18(13)20-19(21)22-17-11-10-15-8-3-4-9-16(15)12-17/h3-12H,1-2H3,(H,20,21). The lowest BCUT2D eigenvalue weighted by Crippen LogP contribution is -2.18. The summed E-state index contributed by atoms with van der Waals surface area (Å²) in [4.78, 5) is 12.1. The van der Waals surface area contributed by atoms with Gasteiger partial charge in [0.2, 0.25) is 0 Å². The Labute approximate surface area is 129 Å². The van der Waals surface area contributed by atoms with Crippen LogP contribution in [0.25, 0.3) is 10.8 Å². The monoisotopic (exact) mass is 291 g/mol. The molecular formula is C19H17NO2. The van der Waals surface area contributed by atoms with Crippen LogP contribution in [0.1, 0.15) is 11.1 Å². The molecule has 0 aliphatic carbocycles. The maximum absolute atomic E-state index is 12.1. The van der Waals surface area contributed by atoms with Crippen molar-refractivity contribution in [2.24, 2.45) is 0 Å². The predicted molar refractivity (Wildman–Crippen MR) is 89.5 cm³/mol. The number of rotatable bonds is 2. The van der Waals surface area contributed by atoms with Crippen molar-refractivity contribution in [3.63, 3.8) is 0 Å². The van der Waals surface area contributed by atoms with Gasteiger partial charge >= 0.3 is 6.09 Å². The zero-order chi connectivity index (χ0) is 15.5. The van der Waals surface area contributed by atoms with Gasteiger partial charge in [0, 0.05) is 5.69 Å². The molecule has 0 aliphatic rings. The summed E-state index contributed by atoms with van der Waals surface area (Å²) >= 11 is 0. The van der Waals surface area contributed by atoms with E-state index in [1.807, 2.05) is 68.4 Å². The number of nitrogens with one attached hydrogen (secondary N) is 1. The van der Waals surface area contributed by atoms with E-state index in [0.29, 0.717) is 5.75 Å². The van der Waals surface area contributed by atoms with E-state index < -0.39 is 6.09 Å². The lowest BCUT2D eigenvalue weighted by molar-refractivity contribution is 0.215. The molecule has 0 atom stereocenters. The molecule has 0 fully saturated rings. The Bertz CT molecular complexity index is 819. The maximum Gasteiger partial charge on any atom is 0.417 e. The fraction of sp³-hybridized carbons (Fsp3) is 0.105. The Kier molecular flexibility index (Phi) is 3.79. The largest absolute Gasteiger partial charge is 0.417 e. The fourth-order valence-electron chi connectivity index (χ4n) is 2.48. The van der Waals surface area contributed by atoms with Gasteiger partial charge in [-0.2, -0.15) is 0 Å². The van der Waals surface area contributed by atoms with Gasteiger partial charge in [0.25, 0.3) is 0 Å². The zero-order valence-electron chi connectivity index (χ0n) is 12.6. The van der Waals surface area contributed by atoms with Crippen LogP contribution >= 0.6 is 0 Å². The van der Waals surface area contributed by atoms with Gasteiger partial charge in [-0.3, -0.25) is 5.32 Å². The molecule has 0 heterocycles. The minimum absolute atomic E-state index is 0.479. The molecule has 0 aromatic heterocycles. The van der Waals surface area contributed by atoms with Gasteiger partial charge in [-0.1, -0.05) is 48.5 Å². The number of carbonyl (C=O) groups is 1. The number of anilines is 1. The smallest absolute Gasteiger partial charge is 0.410 e. The molecule has 0 saturated heterocycles. The number of hydrogen-bond acceptors (Lipinski definition) is 2. The summed E-state index contributed by atoms with van der Waals surface area (Å²) in [7, 11) is 0. The Morgan fingerprint density at radius 2 is 1.55 bits per heavy atom. The van der Waals surface area contributed by atoms with Crippen molar-refractivity contribution in [3.8, 4) is 5.75 Å². The Morgan fingerprint density at radius 1 is 0.864 bits per heavy atom. The van der Waals surface area contributed by atoms with Crippen LogP contribution in [0.4, 0.5) is 10.5 Å². The third kappa shape index (κ3) is 2.93. The second-order valence-electron chi connectivity index (χ2n) is 5.29. The second kappa shape index (κ2) is 5.90. The van der Waals surface area contributed by atoms with Crippen LogP contribution in [-0.4, -0.2) is 6.09 Å². The van der Waals surface area contributed by atoms with Crippen LogP contribution in [0.5, 0.6) is 5.75 Å². The molecule has 110 valence electrons. The number of benzene rings is 3. The van der Waals surface area contributed by atoms with Gasteiger partial charge in [0.15, 0.2) is 0 Å². The maximum atomic E-state index is 12.1. The van der Waals surface area contributed by atoms with Crippen LogP contribution in [0.3, 0.4) is 0 Å². The molecule has 0 spiro atoms. The number of hydrogen-bond donors (Lipinski definition) is 1. The van der Waals surface area contributed by atoms with Crippen LogP contribution < -0.4 is 10.1 Å². The van der Waals surface area contributed by atoms with E-state index in [4.69, 9.17) is 4.74 Å². The van der Waals surface area contributed by atoms with Crippen molar-refractivity contribution < 1.29 is 9.53 Å². The van der Waals surface area contributed by atoms with Crippen molar-refractivity contribution >= 4 is 22.6 Å². The lowest BCUT2D eigenvalue weighted by Gasteiger charge is -2.11. The van der Waals surface area contributed by atoms with Gasteiger partial charge in [-0.15, -0.1) is 0 Å². The van der Waals surface area contributed by atoms with Gasteiger partial charge in [0.05, 0.1) is 0 Å².